The summed E-state index contributed by atoms with van der Waals surface area (Å²) in [6.45, 7) is 0.918. The van der Waals surface area contributed by atoms with Crippen molar-refractivity contribution >= 4 is 0 Å². The SMILES string of the molecule is CC(F)(F)c1ccc(C2CC(N)C2)cc1. The molecule has 1 aliphatic carbocycles. The van der Waals surface area contributed by atoms with E-state index in [1.165, 1.54) is 12.1 Å². The number of hydrogen-bond acceptors (Lipinski definition) is 1. The average Bonchev–Trinajstić information content (AvgIpc) is 2.12. The third kappa shape index (κ3) is 2.17. The topological polar surface area (TPSA) is 26.0 Å². The minimum absolute atomic E-state index is 0.0786. The number of nitrogens with two attached hydrogens (primary N) is 1. The first kappa shape index (κ1) is 10.6. The van der Waals surface area contributed by atoms with Crippen molar-refractivity contribution in [3.8, 4) is 0 Å². The second kappa shape index (κ2) is 3.56. The number of hydrogen-bond donors (Lipinski definition) is 1. The standard InChI is InChI=1S/C12H15F2N/c1-12(13,14)10-4-2-8(3-5-10)9-6-11(15)7-9/h2-5,9,11H,6-7,15H2,1H3. The maximum atomic E-state index is 12.9. The van der Waals surface area contributed by atoms with Crippen LogP contribution in [0.1, 0.15) is 36.8 Å². The molecule has 2 rings (SSSR count). The lowest BCUT2D eigenvalue weighted by Gasteiger charge is -2.32. The van der Waals surface area contributed by atoms with Crippen LogP contribution in [-0.2, 0) is 5.92 Å². The minimum Gasteiger partial charge on any atom is -0.328 e. The van der Waals surface area contributed by atoms with E-state index < -0.39 is 5.92 Å². The van der Waals surface area contributed by atoms with Crippen LogP contribution in [0.15, 0.2) is 24.3 Å². The molecule has 0 atom stereocenters. The maximum absolute atomic E-state index is 12.9. The predicted octanol–water partition coefficient (Wildman–Crippen LogP) is 3.00. The van der Waals surface area contributed by atoms with Crippen molar-refractivity contribution in [3.05, 3.63) is 35.4 Å². The van der Waals surface area contributed by atoms with Gasteiger partial charge in [-0.3, -0.25) is 0 Å². The fourth-order valence-corrected chi connectivity index (χ4v) is 1.98. The largest absolute Gasteiger partial charge is 0.328 e. The Bertz CT molecular complexity index is 334. The zero-order valence-corrected chi connectivity index (χ0v) is 8.71. The highest BCUT2D eigenvalue weighted by atomic mass is 19.3. The van der Waals surface area contributed by atoms with Crippen LogP contribution < -0.4 is 5.73 Å². The molecule has 0 unspecified atom stereocenters. The molecule has 1 saturated carbocycles. The summed E-state index contributed by atoms with van der Waals surface area (Å²) in [6, 6.07) is 6.91. The normalized spacial score (nSPS) is 26.1. The van der Waals surface area contributed by atoms with Crippen LogP contribution in [0.5, 0.6) is 0 Å². The Morgan fingerprint density at radius 1 is 1.20 bits per heavy atom. The lowest BCUT2D eigenvalue weighted by Crippen LogP contribution is -2.34. The van der Waals surface area contributed by atoms with E-state index in [4.69, 9.17) is 5.73 Å². The molecule has 1 aliphatic rings. The Balaban J connectivity index is 2.11. The van der Waals surface area contributed by atoms with Gasteiger partial charge in [-0.25, -0.2) is 8.78 Å². The van der Waals surface area contributed by atoms with Crippen LogP contribution in [0.3, 0.4) is 0 Å². The van der Waals surface area contributed by atoms with Crippen LogP contribution in [0.25, 0.3) is 0 Å². The van der Waals surface area contributed by atoms with E-state index in [9.17, 15) is 8.78 Å². The molecule has 1 nitrogen and oxygen atoms in total. The lowest BCUT2D eigenvalue weighted by molar-refractivity contribution is 0.0174. The lowest BCUT2D eigenvalue weighted by atomic mass is 9.76. The van der Waals surface area contributed by atoms with Crippen molar-refractivity contribution in [1.82, 2.24) is 0 Å². The second-order valence-electron chi connectivity index (χ2n) is 4.44. The molecule has 3 heteroatoms. The summed E-state index contributed by atoms with van der Waals surface area (Å²) in [6.07, 6.45) is 1.95. The maximum Gasteiger partial charge on any atom is 0.270 e. The zero-order valence-electron chi connectivity index (χ0n) is 8.71. The van der Waals surface area contributed by atoms with E-state index in [1.807, 2.05) is 0 Å². The first-order chi connectivity index (χ1) is 6.97. The number of rotatable bonds is 2. The molecular formula is C12H15F2N. The zero-order chi connectivity index (χ0) is 11.1. The van der Waals surface area contributed by atoms with Crippen LogP contribution in [0.4, 0.5) is 8.78 Å². The van der Waals surface area contributed by atoms with Gasteiger partial charge in [0.1, 0.15) is 0 Å². The average molecular weight is 211 g/mol. The van der Waals surface area contributed by atoms with E-state index in [0.717, 1.165) is 25.3 Å². The second-order valence-corrected chi connectivity index (χ2v) is 4.44. The van der Waals surface area contributed by atoms with E-state index in [1.54, 1.807) is 12.1 Å². The van der Waals surface area contributed by atoms with Crippen LogP contribution in [-0.4, -0.2) is 6.04 Å². The molecule has 1 aromatic rings. The Kier molecular flexibility index (Phi) is 2.51. The van der Waals surface area contributed by atoms with Crippen molar-refractivity contribution < 1.29 is 8.78 Å². The molecule has 15 heavy (non-hydrogen) atoms. The molecule has 0 aliphatic heterocycles. The van der Waals surface area contributed by atoms with E-state index in [0.29, 0.717) is 12.0 Å². The molecule has 0 heterocycles. The fourth-order valence-electron chi connectivity index (χ4n) is 1.98. The Morgan fingerprint density at radius 3 is 2.13 bits per heavy atom. The van der Waals surface area contributed by atoms with Crippen molar-refractivity contribution in [2.75, 3.05) is 0 Å². The van der Waals surface area contributed by atoms with Gasteiger partial charge in [0, 0.05) is 18.5 Å². The molecule has 0 bridgehead atoms. The number of halogens is 2. The Hall–Kier alpha value is -0.960. The Morgan fingerprint density at radius 2 is 1.73 bits per heavy atom. The summed E-state index contributed by atoms with van der Waals surface area (Å²) in [5, 5.41) is 0. The van der Waals surface area contributed by atoms with Crippen molar-refractivity contribution in [2.24, 2.45) is 5.73 Å². The minimum atomic E-state index is -2.74. The predicted molar refractivity (Wildman–Crippen MR) is 56.0 cm³/mol. The summed E-state index contributed by atoms with van der Waals surface area (Å²) in [4.78, 5) is 0. The van der Waals surface area contributed by atoms with Gasteiger partial charge in [0.05, 0.1) is 0 Å². The molecule has 0 amide bonds. The van der Waals surface area contributed by atoms with Gasteiger partial charge < -0.3 is 5.73 Å². The van der Waals surface area contributed by atoms with Crippen molar-refractivity contribution in [3.63, 3.8) is 0 Å². The van der Waals surface area contributed by atoms with Gasteiger partial charge in [-0.05, 0) is 24.3 Å². The van der Waals surface area contributed by atoms with Gasteiger partial charge in [0.15, 0.2) is 0 Å². The summed E-state index contributed by atoms with van der Waals surface area (Å²) in [5.74, 6) is -2.27. The highest BCUT2D eigenvalue weighted by Gasteiger charge is 2.28. The molecule has 0 aromatic heterocycles. The third-order valence-corrected chi connectivity index (χ3v) is 3.06. The summed E-state index contributed by atoms with van der Waals surface area (Å²) < 4.78 is 25.9. The van der Waals surface area contributed by atoms with Gasteiger partial charge in [-0.2, -0.15) is 0 Å². The van der Waals surface area contributed by atoms with Crippen LogP contribution >= 0.6 is 0 Å². The smallest absolute Gasteiger partial charge is 0.270 e. The van der Waals surface area contributed by atoms with Gasteiger partial charge in [-0.1, -0.05) is 24.3 Å². The number of alkyl halides is 2. The summed E-state index contributed by atoms with van der Waals surface area (Å²) >= 11 is 0. The van der Waals surface area contributed by atoms with Gasteiger partial charge in [0.25, 0.3) is 5.92 Å². The van der Waals surface area contributed by atoms with Gasteiger partial charge in [-0.15, -0.1) is 0 Å². The van der Waals surface area contributed by atoms with Crippen LogP contribution in [0.2, 0.25) is 0 Å². The van der Waals surface area contributed by atoms with Gasteiger partial charge >= 0.3 is 0 Å². The Labute approximate surface area is 88.3 Å². The number of benzene rings is 1. The third-order valence-electron chi connectivity index (χ3n) is 3.06. The molecule has 2 N–H and O–H groups in total. The highest BCUT2D eigenvalue weighted by molar-refractivity contribution is 5.29. The summed E-state index contributed by atoms with van der Waals surface area (Å²) in [7, 11) is 0. The molecule has 0 radical (unpaired) electrons. The quantitative estimate of drug-likeness (QED) is 0.799. The monoisotopic (exact) mass is 211 g/mol. The fraction of sp³-hybridized carbons (Fsp3) is 0.500. The molecular weight excluding hydrogens is 196 g/mol. The van der Waals surface area contributed by atoms with Crippen molar-refractivity contribution in [2.45, 2.75) is 37.6 Å². The van der Waals surface area contributed by atoms with Crippen LogP contribution in [0, 0.1) is 0 Å². The highest BCUT2D eigenvalue weighted by Crippen LogP contribution is 2.36. The first-order valence-corrected chi connectivity index (χ1v) is 5.20. The van der Waals surface area contributed by atoms with Crippen molar-refractivity contribution in [1.29, 1.82) is 0 Å². The van der Waals surface area contributed by atoms with E-state index >= 15 is 0 Å². The molecule has 1 fully saturated rings. The molecule has 82 valence electrons. The molecule has 0 saturated heterocycles. The molecule has 1 aromatic carbocycles. The first-order valence-electron chi connectivity index (χ1n) is 5.20. The summed E-state index contributed by atoms with van der Waals surface area (Å²) in [5.41, 5.74) is 6.89. The molecule has 0 spiro atoms. The van der Waals surface area contributed by atoms with Gasteiger partial charge in [0.2, 0.25) is 0 Å². The van der Waals surface area contributed by atoms with E-state index in [2.05, 4.69) is 0 Å². The van der Waals surface area contributed by atoms with E-state index in [-0.39, 0.29) is 5.56 Å².